The Morgan fingerprint density at radius 1 is 1.11 bits per heavy atom. The van der Waals surface area contributed by atoms with Crippen molar-refractivity contribution in [1.29, 1.82) is 0 Å². The van der Waals surface area contributed by atoms with Gasteiger partial charge in [0.2, 0.25) is 0 Å². The lowest BCUT2D eigenvalue weighted by Crippen LogP contribution is -2.49. The topological polar surface area (TPSA) is 49.6 Å². The molecule has 144 valence electrons. The predicted molar refractivity (Wildman–Crippen MR) is 111 cm³/mol. The van der Waals surface area contributed by atoms with Crippen molar-refractivity contribution in [3.8, 4) is 11.3 Å². The Labute approximate surface area is 168 Å². The van der Waals surface area contributed by atoms with Gasteiger partial charge in [0.05, 0.1) is 0 Å². The van der Waals surface area contributed by atoms with Gasteiger partial charge in [-0.2, -0.15) is 0 Å². The lowest BCUT2D eigenvalue weighted by molar-refractivity contribution is 0.0735. The minimum Gasteiger partial charge on any atom is -0.368 e. The van der Waals surface area contributed by atoms with Crippen molar-refractivity contribution in [2.24, 2.45) is 0 Å². The van der Waals surface area contributed by atoms with Crippen LogP contribution in [0.5, 0.6) is 0 Å². The van der Waals surface area contributed by atoms with Crippen molar-refractivity contribution in [3.63, 3.8) is 0 Å². The summed E-state index contributed by atoms with van der Waals surface area (Å²) in [6.45, 7) is 7.36. The molecule has 0 saturated carbocycles. The van der Waals surface area contributed by atoms with Crippen LogP contribution in [0.25, 0.3) is 11.3 Å². The molecule has 1 fully saturated rings. The first kappa shape index (κ1) is 17.5. The van der Waals surface area contributed by atoms with Crippen molar-refractivity contribution in [1.82, 2.24) is 10.1 Å². The molecule has 1 amide bonds. The number of nitrogens with zero attached hydrogens (tertiary/aromatic N) is 3. The van der Waals surface area contributed by atoms with Gasteiger partial charge in [-0.3, -0.25) is 4.79 Å². The molecule has 0 radical (unpaired) electrons. The number of thiophene rings is 1. The predicted octanol–water partition coefficient (Wildman–Crippen LogP) is 4.08. The van der Waals surface area contributed by atoms with Crippen LogP contribution in [0.15, 0.2) is 34.2 Å². The maximum Gasteiger partial charge on any atom is 0.276 e. The van der Waals surface area contributed by atoms with E-state index in [0.29, 0.717) is 18.8 Å². The molecule has 3 aromatic rings. The van der Waals surface area contributed by atoms with E-state index < -0.39 is 0 Å². The normalized spacial score (nSPS) is 16.1. The fourth-order valence-corrected chi connectivity index (χ4v) is 5.23. The van der Waals surface area contributed by atoms with Gasteiger partial charge >= 0.3 is 0 Å². The molecule has 5 nitrogen and oxygen atoms in total. The van der Waals surface area contributed by atoms with Gasteiger partial charge in [-0.25, -0.2) is 0 Å². The molecule has 3 heterocycles. The molecule has 0 bridgehead atoms. The Balaban J connectivity index is 1.32. The zero-order valence-electron chi connectivity index (χ0n) is 16.2. The van der Waals surface area contributed by atoms with Gasteiger partial charge in [0.15, 0.2) is 11.5 Å². The van der Waals surface area contributed by atoms with Gasteiger partial charge in [0, 0.05) is 47.9 Å². The molecule has 0 unspecified atom stereocenters. The molecule has 2 aliphatic rings. The summed E-state index contributed by atoms with van der Waals surface area (Å²) in [6.07, 6.45) is 1.79. The van der Waals surface area contributed by atoms with E-state index in [1.54, 1.807) is 11.3 Å². The van der Waals surface area contributed by atoms with Gasteiger partial charge in [-0.1, -0.05) is 22.9 Å². The number of carbonyl (C=O) groups excluding carboxylic acids is 1. The Kier molecular flexibility index (Phi) is 4.23. The van der Waals surface area contributed by atoms with Crippen LogP contribution in [-0.4, -0.2) is 42.1 Å². The second-order valence-corrected chi connectivity index (χ2v) is 8.67. The van der Waals surface area contributed by atoms with Crippen LogP contribution in [-0.2, 0) is 12.8 Å². The lowest BCUT2D eigenvalue weighted by Gasteiger charge is -2.36. The number of piperazine rings is 1. The SMILES string of the molecule is Cc1ccc(N2CCN(C(=O)c3noc4c3CCc3sccc3-4)CC2)c(C)c1. The quantitative estimate of drug-likeness (QED) is 0.658. The number of aryl methyl sites for hydroxylation is 3. The fraction of sp³-hybridized carbons (Fsp3) is 0.364. The van der Waals surface area contributed by atoms with Crippen LogP contribution < -0.4 is 4.90 Å². The Bertz CT molecular complexity index is 1040. The van der Waals surface area contributed by atoms with Gasteiger partial charge in [-0.05, 0) is 49.8 Å². The van der Waals surface area contributed by atoms with Crippen molar-refractivity contribution in [3.05, 3.63) is 56.9 Å². The number of rotatable bonds is 2. The van der Waals surface area contributed by atoms with E-state index in [9.17, 15) is 4.79 Å². The summed E-state index contributed by atoms with van der Waals surface area (Å²) in [5, 5.41) is 6.26. The molecule has 6 heteroatoms. The molecule has 0 atom stereocenters. The highest BCUT2D eigenvalue weighted by molar-refractivity contribution is 7.10. The van der Waals surface area contributed by atoms with Crippen molar-refractivity contribution in [2.45, 2.75) is 26.7 Å². The number of hydrogen-bond donors (Lipinski definition) is 0. The fourth-order valence-electron chi connectivity index (χ4n) is 4.36. The molecule has 5 rings (SSSR count). The summed E-state index contributed by atoms with van der Waals surface area (Å²) in [6, 6.07) is 8.63. The Morgan fingerprint density at radius 2 is 1.93 bits per heavy atom. The molecular weight excluding hydrogens is 370 g/mol. The van der Waals surface area contributed by atoms with Gasteiger partial charge in [0.25, 0.3) is 5.91 Å². The molecule has 0 N–H and O–H groups in total. The van der Waals surface area contributed by atoms with Gasteiger partial charge in [0.1, 0.15) is 0 Å². The number of hydrogen-bond acceptors (Lipinski definition) is 5. The highest BCUT2D eigenvalue weighted by atomic mass is 32.1. The minimum atomic E-state index is 0.00366. The monoisotopic (exact) mass is 393 g/mol. The van der Waals surface area contributed by atoms with Crippen LogP contribution >= 0.6 is 11.3 Å². The second kappa shape index (κ2) is 6.78. The maximum atomic E-state index is 13.1. The second-order valence-electron chi connectivity index (χ2n) is 7.67. The van der Waals surface area contributed by atoms with Crippen LogP contribution in [0, 0.1) is 13.8 Å². The molecular formula is C22H23N3O2S. The van der Waals surface area contributed by atoms with Crippen LogP contribution in [0.2, 0.25) is 0 Å². The minimum absolute atomic E-state index is 0.00366. The number of anilines is 1. The Morgan fingerprint density at radius 3 is 2.71 bits per heavy atom. The van der Waals surface area contributed by atoms with E-state index in [1.807, 2.05) is 4.90 Å². The first-order valence-electron chi connectivity index (χ1n) is 9.78. The number of aromatic nitrogens is 1. The smallest absolute Gasteiger partial charge is 0.276 e. The summed E-state index contributed by atoms with van der Waals surface area (Å²) in [7, 11) is 0. The molecule has 1 saturated heterocycles. The largest absolute Gasteiger partial charge is 0.368 e. The average Bonchev–Trinajstić information content (AvgIpc) is 3.34. The van der Waals surface area contributed by atoms with E-state index in [1.165, 1.54) is 21.7 Å². The first-order valence-corrected chi connectivity index (χ1v) is 10.7. The summed E-state index contributed by atoms with van der Waals surface area (Å²) in [5.74, 6) is 0.795. The molecule has 1 aromatic carbocycles. The molecule has 2 aromatic heterocycles. The van der Waals surface area contributed by atoms with Crippen molar-refractivity contribution in [2.75, 3.05) is 31.1 Å². The van der Waals surface area contributed by atoms with E-state index >= 15 is 0 Å². The van der Waals surface area contributed by atoms with E-state index in [2.05, 4.69) is 53.5 Å². The summed E-state index contributed by atoms with van der Waals surface area (Å²) < 4.78 is 5.60. The molecule has 0 spiro atoms. The third kappa shape index (κ3) is 2.83. The summed E-state index contributed by atoms with van der Waals surface area (Å²) in [4.78, 5) is 18.7. The third-order valence-electron chi connectivity index (χ3n) is 5.84. The molecule has 1 aliphatic carbocycles. The maximum absolute atomic E-state index is 13.1. The number of fused-ring (bicyclic) bond motifs is 3. The zero-order chi connectivity index (χ0) is 19.3. The van der Waals surface area contributed by atoms with Crippen molar-refractivity contribution < 1.29 is 9.32 Å². The van der Waals surface area contributed by atoms with Crippen molar-refractivity contribution >= 4 is 22.9 Å². The number of benzene rings is 1. The highest BCUT2D eigenvalue weighted by Gasteiger charge is 2.32. The van der Waals surface area contributed by atoms with Crippen LogP contribution in [0.4, 0.5) is 5.69 Å². The molecule has 28 heavy (non-hydrogen) atoms. The van der Waals surface area contributed by atoms with E-state index in [-0.39, 0.29) is 5.91 Å². The van der Waals surface area contributed by atoms with Gasteiger partial charge in [-0.15, -0.1) is 11.3 Å². The van der Waals surface area contributed by atoms with E-state index in [0.717, 1.165) is 42.8 Å². The number of carbonyl (C=O) groups is 1. The third-order valence-corrected chi connectivity index (χ3v) is 6.82. The van der Waals surface area contributed by atoms with Crippen LogP contribution in [0.3, 0.4) is 0 Å². The number of amides is 1. The molecule has 1 aliphatic heterocycles. The summed E-state index contributed by atoms with van der Waals surface area (Å²) in [5.41, 5.74) is 6.43. The highest BCUT2D eigenvalue weighted by Crippen LogP contribution is 2.38. The van der Waals surface area contributed by atoms with E-state index in [4.69, 9.17) is 4.52 Å². The Hall–Kier alpha value is -2.60. The first-order chi connectivity index (χ1) is 13.6. The standard InChI is InChI=1S/C22H23N3O2S/c1-14-3-5-18(15(2)13-14)24-8-10-25(11-9-24)22(26)20-17-4-6-19-16(7-12-28-19)21(17)27-23-20/h3,5,7,12-13H,4,6,8-11H2,1-2H3. The van der Waals surface area contributed by atoms with Crippen LogP contribution in [0.1, 0.15) is 32.1 Å². The summed E-state index contributed by atoms with van der Waals surface area (Å²) >= 11 is 1.75. The zero-order valence-corrected chi connectivity index (χ0v) is 17.0. The van der Waals surface area contributed by atoms with Gasteiger partial charge < -0.3 is 14.3 Å². The lowest BCUT2D eigenvalue weighted by atomic mass is 9.95. The average molecular weight is 394 g/mol.